The van der Waals surface area contributed by atoms with Crippen LogP contribution in [0.1, 0.15) is 23.1 Å². The van der Waals surface area contributed by atoms with E-state index in [1.54, 1.807) is 0 Å². The first kappa shape index (κ1) is 17.3. The van der Waals surface area contributed by atoms with Gasteiger partial charge in [0.1, 0.15) is 5.82 Å². The zero-order valence-corrected chi connectivity index (χ0v) is 14.1. The van der Waals surface area contributed by atoms with E-state index in [9.17, 15) is 13.4 Å². The van der Waals surface area contributed by atoms with Gasteiger partial charge in [-0.15, -0.1) is 0 Å². The van der Waals surface area contributed by atoms with Crippen LogP contribution in [0.4, 0.5) is 10.1 Å². The molecule has 1 N–H and O–H groups in total. The summed E-state index contributed by atoms with van der Waals surface area (Å²) in [5.41, 5.74) is 3.84. The lowest BCUT2D eigenvalue weighted by Crippen LogP contribution is -2.15. The first-order chi connectivity index (χ1) is 10.9. The molecule has 2 rings (SSSR count). The molecule has 0 aliphatic carbocycles. The van der Waals surface area contributed by atoms with Crippen molar-refractivity contribution in [2.75, 3.05) is 11.1 Å². The number of rotatable bonds is 6. The third-order valence-corrected chi connectivity index (χ3v) is 4.80. The minimum atomic E-state index is -1.09. The molecule has 2 aromatic carbocycles. The second kappa shape index (κ2) is 8.02. The maximum atomic E-state index is 12.8. The molecule has 5 heteroatoms. The van der Waals surface area contributed by atoms with Gasteiger partial charge in [-0.2, -0.15) is 0 Å². The van der Waals surface area contributed by atoms with Gasteiger partial charge in [0.25, 0.3) is 0 Å². The zero-order valence-electron chi connectivity index (χ0n) is 13.3. The molecular formula is C18H20FNO2S. The van der Waals surface area contributed by atoms with E-state index >= 15 is 0 Å². The Hall–Kier alpha value is -2.01. The number of amides is 1. The Morgan fingerprint density at radius 3 is 2.52 bits per heavy atom. The average molecular weight is 333 g/mol. The van der Waals surface area contributed by atoms with Gasteiger partial charge in [0, 0.05) is 34.4 Å². The molecule has 0 fully saturated rings. The van der Waals surface area contributed by atoms with Crippen LogP contribution in [-0.4, -0.2) is 15.9 Å². The van der Waals surface area contributed by atoms with E-state index in [-0.39, 0.29) is 18.1 Å². The summed E-state index contributed by atoms with van der Waals surface area (Å²) in [5, 5.41) is 2.67. The lowest BCUT2D eigenvalue weighted by Gasteiger charge is -2.08. The molecule has 0 radical (unpaired) electrons. The number of halogens is 1. The lowest BCUT2D eigenvalue weighted by atomic mass is 10.1. The second-order valence-electron chi connectivity index (χ2n) is 5.52. The molecule has 122 valence electrons. The molecule has 1 amide bonds. The van der Waals surface area contributed by atoms with Gasteiger partial charge >= 0.3 is 0 Å². The summed E-state index contributed by atoms with van der Waals surface area (Å²) in [5.74, 6) is 0.196. The third-order valence-electron chi connectivity index (χ3n) is 3.51. The number of aryl methyl sites for hydroxylation is 2. The van der Waals surface area contributed by atoms with Gasteiger partial charge in [-0.05, 0) is 49.2 Å². The van der Waals surface area contributed by atoms with Crippen molar-refractivity contribution >= 4 is 22.4 Å². The standard InChI is InChI=1S/C18H20FNO2S/c1-13-3-4-14(2)15(11-13)12-23(22)10-9-18(21)20-17-7-5-16(19)6-8-17/h3-8,11H,9-10,12H2,1-2H3,(H,20,21)/t23-/m1/s1. The lowest BCUT2D eigenvalue weighted by molar-refractivity contribution is -0.115. The van der Waals surface area contributed by atoms with Crippen molar-refractivity contribution < 1.29 is 13.4 Å². The summed E-state index contributed by atoms with van der Waals surface area (Å²) in [6.45, 7) is 4.00. The number of nitrogens with one attached hydrogen (secondary N) is 1. The summed E-state index contributed by atoms with van der Waals surface area (Å²) in [7, 11) is -1.09. The fourth-order valence-corrected chi connectivity index (χ4v) is 3.38. The smallest absolute Gasteiger partial charge is 0.225 e. The van der Waals surface area contributed by atoms with E-state index in [4.69, 9.17) is 0 Å². The molecule has 0 saturated heterocycles. The number of hydrogen-bond acceptors (Lipinski definition) is 2. The number of benzene rings is 2. The van der Waals surface area contributed by atoms with E-state index in [1.807, 2.05) is 32.0 Å². The van der Waals surface area contributed by atoms with E-state index < -0.39 is 10.8 Å². The molecule has 0 heterocycles. The molecule has 1 atom stereocenters. The quantitative estimate of drug-likeness (QED) is 0.876. The van der Waals surface area contributed by atoms with Crippen LogP contribution >= 0.6 is 0 Å². The van der Waals surface area contributed by atoms with Crippen molar-refractivity contribution in [2.24, 2.45) is 0 Å². The van der Waals surface area contributed by atoms with Crippen LogP contribution in [-0.2, 0) is 21.3 Å². The highest BCUT2D eigenvalue weighted by Crippen LogP contribution is 2.14. The second-order valence-corrected chi connectivity index (χ2v) is 7.10. The molecule has 0 aromatic heterocycles. The highest BCUT2D eigenvalue weighted by Gasteiger charge is 2.09. The molecule has 3 nitrogen and oxygen atoms in total. The van der Waals surface area contributed by atoms with E-state index in [0.717, 1.165) is 16.7 Å². The van der Waals surface area contributed by atoms with Crippen LogP contribution in [0.25, 0.3) is 0 Å². The van der Waals surface area contributed by atoms with E-state index in [1.165, 1.54) is 24.3 Å². The van der Waals surface area contributed by atoms with Crippen molar-refractivity contribution in [3.63, 3.8) is 0 Å². The molecule has 0 aliphatic rings. The fraction of sp³-hybridized carbons (Fsp3) is 0.278. The molecule has 23 heavy (non-hydrogen) atoms. The maximum absolute atomic E-state index is 12.8. The minimum absolute atomic E-state index is 0.175. The Morgan fingerprint density at radius 1 is 1.13 bits per heavy atom. The number of carbonyl (C=O) groups excluding carboxylic acids is 1. The van der Waals surface area contributed by atoms with Crippen molar-refractivity contribution in [2.45, 2.75) is 26.0 Å². The minimum Gasteiger partial charge on any atom is -0.326 e. The molecule has 0 unspecified atom stereocenters. The molecule has 0 aliphatic heterocycles. The topological polar surface area (TPSA) is 46.2 Å². The maximum Gasteiger partial charge on any atom is 0.225 e. The summed E-state index contributed by atoms with van der Waals surface area (Å²) >= 11 is 0. The first-order valence-corrected chi connectivity index (χ1v) is 8.89. The van der Waals surface area contributed by atoms with Crippen LogP contribution in [0, 0.1) is 19.7 Å². The largest absolute Gasteiger partial charge is 0.326 e. The molecule has 0 spiro atoms. The average Bonchev–Trinajstić information content (AvgIpc) is 2.51. The zero-order chi connectivity index (χ0) is 16.8. The summed E-state index contributed by atoms with van der Waals surface area (Å²) in [4.78, 5) is 11.8. The Bertz CT molecular complexity index is 713. The highest BCUT2D eigenvalue weighted by atomic mass is 32.2. The monoisotopic (exact) mass is 333 g/mol. The van der Waals surface area contributed by atoms with Crippen LogP contribution in [0.15, 0.2) is 42.5 Å². The van der Waals surface area contributed by atoms with Crippen molar-refractivity contribution in [3.8, 4) is 0 Å². The first-order valence-electron chi connectivity index (χ1n) is 7.40. The number of carbonyl (C=O) groups is 1. The molecule has 0 saturated carbocycles. The molecular weight excluding hydrogens is 313 g/mol. The third kappa shape index (κ3) is 5.60. The normalized spacial score (nSPS) is 12.0. The Labute approximate surface area is 138 Å². The van der Waals surface area contributed by atoms with Gasteiger partial charge in [-0.25, -0.2) is 4.39 Å². The van der Waals surface area contributed by atoms with Gasteiger partial charge in [0.2, 0.25) is 5.91 Å². The fourth-order valence-electron chi connectivity index (χ4n) is 2.16. The predicted octanol–water partition coefficient (Wildman–Crippen LogP) is 3.72. The summed E-state index contributed by atoms with van der Waals surface area (Å²) < 4.78 is 25.0. The van der Waals surface area contributed by atoms with Crippen LogP contribution in [0.2, 0.25) is 0 Å². The van der Waals surface area contributed by atoms with Crippen LogP contribution < -0.4 is 5.32 Å². The number of anilines is 1. The van der Waals surface area contributed by atoms with Crippen LogP contribution in [0.5, 0.6) is 0 Å². The van der Waals surface area contributed by atoms with Gasteiger partial charge in [-0.1, -0.05) is 23.8 Å². The van der Waals surface area contributed by atoms with Crippen molar-refractivity contribution in [3.05, 3.63) is 65.0 Å². The van der Waals surface area contributed by atoms with Crippen molar-refractivity contribution in [1.82, 2.24) is 0 Å². The highest BCUT2D eigenvalue weighted by molar-refractivity contribution is 7.84. The van der Waals surface area contributed by atoms with Crippen LogP contribution in [0.3, 0.4) is 0 Å². The van der Waals surface area contributed by atoms with E-state index in [0.29, 0.717) is 17.2 Å². The Balaban J connectivity index is 1.83. The molecule has 0 bridgehead atoms. The summed E-state index contributed by atoms with van der Waals surface area (Å²) in [6, 6.07) is 11.6. The molecule has 2 aromatic rings. The van der Waals surface area contributed by atoms with Gasteiger partial charge in [-0.3, -0.25) is 9.00 Å². The Morgan fingerprint density at radius 2 is 1.83 bits per heavy atom. The van der Waals surface area contributed by atoms with Gasteiger partial charge in [0.15, 0.2) is 0 Å². The number of hydrogen-bond donors (Lipinski definition) is 1. The SMILES string of the molecule is Cc1ccc(C)c(C[S@](=O)CCC(=O)Nc2ccc(F)cc2)c1. The Kier molecular flexibility index (Phi) is 6.04. The van der Waals surface area contributed by atoms with Gasteiger partial charge < -0.3 is 5.32 Å². The van der Waals surface area contributed by atoms with E-state index in [2.05, 4.69) is 5.32 Å². The van der Waals surface area contributed by atoms with Gasteiger partial charge in [0.05, 0.1) is 0 Å². The summed E-state index contributed by atoms with van der Waals surface area (Å²) in [6.07, 6.45) is 0.175. The van der Waals surface area contributed by atoms with Crippen molar-refractivity contribution in [1.29, 1.82) is 0 Å². The predicted molar refractivity (Wildman–Crippen MR) is 92.3 cm³/mol.